The zero-order valence-corrected chi connectivity index (χ0v) is 11.2. The van der Waals surface area contributed by atoms with Gasteiger partial charge in [-0.15, -0.1) is 0 Å². The quantitative estimate of drug-likeness (QED) is 0.749. The number of ether oxygens (including phenoxy) is 1. The number of halogens is 1. The Kier molecular flexibility index (Phi) is 4.70. The Morgan fingerprint density at radius 2 is 2.21 bits per heavy atom. The van der Waals surface area contributed by atoms with E-state index in [1.54, 1.807) is 6.07 Å². The van der Waals surface area contributed by atoms with Gasteiger partial charge in [-0.25, -0.2) is 9.37 Å². The van der Waals surface area contributed by atoms with Crippen molar-refractivity contribution in [2.24, 2.45) is 0 Å². The molecule has 0 saturated heterocycles. The van der Waals surface area contributed by atoms with Crippen LogP contribution < -0.4 is 5.32 Å². The van der Waals surface area contributed by atoms with Gasteiger partial charge in [0.1, 0.15) is 5.82 Å². The van der Waals surface area contributed by atoms with Crippen molar-refractivity contribution in [3.63, 3.8) is 0 Å². The molecule has 0 bridgehead atoms. The first-order valence-corrected chi connectivity index (χ1v) is 6.27. The Labute approximate surface area is 111 Å². The second kappa shape index (κ2) is 6.49. The van der Waals surface area contributed by atoms with Crippen LogP contribution in [0, 0.1) is 5.82 Å². The molecular weight excluding hydrogens is 247 g/mol. The molecule has 5 nitrogen and oxygen atoms in total. The third-order valence-corrected chi connectivity index (χ3v) is 2.67. The fourth-order valence-electron chi connectivity index (χ4n) is 1.66. The number of hydrogen-bond donors (Lipinski definition) is 2. The molecule has 0 spiro atoms. The Morgan fingerprint density at radius 1 is 1.37 bits per heavy atom. The number of fused-ring (bicyclic) bond motifs is 1. The molecule has 0 amide bonds. The molecule has 2 rings (SSSR count). The van der Waals surface area contributed by atoms with E-state index in [4.69, 9.17) is 4.74 Å². The lowest BCUT2D eigenvalue weighted by Crippen LogP contribution is -2.20. The minimum atomic E-state index is -0.269. The zero-order chi connectivity index (χ0) is 13.7. The second-order valence-corrected chi connectivity index (χ2v) is 4.59. The van der Waals surface area contributed by atoms with Crippen molar-refractivity contribution in [3.05, 3.63) is 24.0 Å². The maximum absolute atomic E-state index is 13.0. The minimum Gasteiger partial charge on any atom is -0.378 e. The van der Waals surface area contributed by atoms with Gasteiger partial charge < -0.3 is 19.9 Å². The summed E-state index contributed by atoms with van der Waals surface area (Å²) in [5.41, 5.74) is 1.44. The van der Waals surface area contributed by atoms with Crippen LogP contribution in [-0.4, -0.2) is 55.3 Å². The third-order valence-electron chi connectivity index (χ3n) is 2.67. The maximum Gasteiger partial charge on any atom is 0.201 e. The number of rotatable bonds is 7. The monoisotopic (exact) mass is 266 g/mol. The highest BCUT2D eigenvalue weighted by atomic mass is 19.1. The Hall–Kier alpha value is -1.66. The first-order valence-electron chi connectivity index (χ1n) is 6.27. The van der Waals surface area contributed by atoms with Crippen molar-refractivity contribution < 1.29 is 9.13 Å². The third kappa shape index (κ3) is 4.18. The Bertz CT molecular complexity index is 526. The van der Waals surface area contributed by atoms with Gasteiger partial charge in [0.2, 0.25) is 5.95 Å². The fraction of sp³-hybridized carbons (Fsp3) is 0.462. The predicted molar refractivity (Wildman–Crippen MR) is 73.9 cm³/mol. The van der Waals surface area contributed by atoms with Crippen LogP contribution in [0.15, 0.2) is 18.2 Å². The van der Waals surface area contributed by atoms with Gasteiger partial charge in [-0.1, -0.05) is 0 Å². The number of anilines is 1. The first-order chi connectivity index (χ1) is 9.15. The summed E-state index contributed by atoms with van der Waals surface area (Å²) in [4.78, 5) is 9.39. The Morgan fingerprint density at radius 3 is 3.00 bits per heavy atom. The molecule has 6 heteroatoms. The Balaban J connectivity index is 1.75. The molecule has 1 heterocycles. The van der Waals surface area contributed by atoms with Gasteiger partial charge in [0.15, 0.2) is 0 Å². The number of aromatic amines is 1. The summed E-state index contributed by atoms with van der Waals surface area (Å²) in [6.07, 6.45) is 0. The van der Waals surface area contributed by atoms with Gasteiger partial charge in [-0.3, -0.25) is 0 Å². The summed E-state index contributed by atoms with van der Waals surface area (Å²) >= 11 is 0. The average molecular weight is 266 g/mol. The molecule has 2 aromatic rings. The van der Waals surface area contributed by atoms with E-state index in [1.807, 2.05) is 14.1 Å². The molecule has 0 aliphatic heterocycles. The van der Waals surface area contributed by atoms with Crippen molar-refractivity contribution >= 4 is 17.0 Å². The van der Waals surface area contributed by atoms with E-state index in [1.165, 1.54) is 12.1 Å². The predicted octanol–water partition coefficient (Wildman–Crippen LogP) is 1.69. The largest absolute Gasteiger partial charge is 0.378 e. The molecule has 0 fully saturated rings. The van der Waals surface area contributed by atoms with Gasteiger partial charge in [-0.05, 0) is 32.3 Å². The molecule has 104 valence electrons. The molecule has 0 atom stereocenters. The molecule has 0 radical (unpaired) electrons. The normalized spacial score (nSPS) is 11.4. The number of H-pyrrole nitrogens is 1. The van der Waals surface area contributed by atoms with Gasteiger partial charge in [0.25, 0.3) is 0 Å². The van der Waals surface area contributed by atoms with Crippen molar-refractivity contribution in [1.29, 1.82) is 0 Å². The van der Waals surface area contributed by atoms with Crippen LogP contribution in [0.2, 0.25) is 0 Å². The standard InChI is InChI=1S/C13H19FN4O/c1-18(2)6-8-19-7-5-15-13-16-11-4-3-10(14)9-12(11)17-13/h3-4,9H,5-8H2,1-2H3,(H2,15,16,17). The first kappa shape index (κ1) is 13.8. The van der Waals surface area contributed by atoms with Crippen LogP contribution in [0.25, 0.3) is 11.0 Å². The number of imidazole rings is 1. The molecule has 1 aromatic heterocycles. The summed E-state index contributed by atoms with van der Waals surface area (Å²) in [6.45, 7) is 2.89. The van der Waals surface area contributed by atoms with Crippen LogP contribution in [-0.2, 0) is 4.74 Å². The SMILES string of the molecule is CN(C)CCOCCNc1nc2ccc(F)cc2[nH]1. The lowest BCUT2D eigenvalue weighted by atomic mass is 10.3. The van der Waals surface area contributed by atoms with Gasteiger partial charge >= 0.3 is 0 Å². The number of likely N-dealkylation sites (N-methyl/N-ethyl adjacent to an activating group) is 1. The van der Waals surface area contributed by atoms with Crippen molar-refractivity contribution in [3.8, 4) is 0 Å². The summed E-state index contributed by atoms with van der Waals surface area (Å²) in [5.74, 6) is 0.367. The van der Waals surface area contributed by atoms with Gasteiger partial charge in [0.05, 0.1) is 24.2 Å². The average Bonchev–Trinajstić information content (AvgIpc) is 2.75. The molecular formula is C13H19FN4O. The summed E-state index contributed by atoms with van der Waals surface area (Å²) < 4.78 is 18.5. The lowest BCUT2D eigenvalue weighted by Gasteiger charge is -2.09. The topological polar surface area (TPSA) is 53.2 Å². The number of benzene rings is 1. The second-order valence-electron chi connectivity index (χ2n) is 4.59. The summed E-state index contributed by atoms with van der Waals surface area (Å²) in [5, 5.41) is 3.11. The molecule has 19 heavy (non-hydrogen) atoms. The molecule has 0 aliphatic carbocycles. The summed E-state index contributed by atoms with van der Waals surface area (Å²) in [6, 6.07) is 4.48. The van der Waals surface area contributed by atoms with E-state index in [0.29, 0.717) is 31.2 Å². The lowest BCUT2D eigenvalue weighted by molar-refractivity contribution is 0.126. The number of nitrogens with zero attached hydrogens (tertiary/aromatic N) is 2. The number of aromatic nitrogens is 2. The van der Waals surface area contributed by atoms with E-state index in [-0.39, 0.29) is 5.82 Å². The number of nitrogens with one attached hydrogen (secondary N) is 2. The van der Waals surface area contributed by atoms with E-state index in [0.717, 1.165) is 12.1 Å². The molecule has 0 aliphatic rings. The van der Waals surface area contributed by atoms with Crippen molar-refractivity contribution in [2.75, 3.05) is 45.7 Å². The van der Waals surface area contributed by atoms with E-state index < -0.39 is 0 Å². The van der Waals surface area contributed by atoms with Crippen molar-refractivity contribution in [1.82, 2.24) is 14.9 Å². The molecule has 2 N–H and O–H groups in total. The highest BCUT2D eigenvalue weighted by molar-refractivity contribution is 5.77. The van der Waals surface area contributed by atoms with Crippen LogP contribution in [0.1, 0.15) is 0 Å². The van der Waals surface area contributed by atoms with Crippen LogP contribution in [0.4, 0.5) is 10.3 Å². The minimum absolute atomic E-state index is 0.269. The van der Waals surface area contributed by atoms with Gasteiger partial charge in [0, 0.05) is 13.1 Å². The molecule has 0 unspecified atom stereocenters. The summed E-state index contributed by atoms with van der Waals surface area (Å²) in [7, 11) is 4.02. The molecule has 0 saturated carbocycles. The molecule has 1 aromatic carbocycles. The van der Waals surface area contributed by atoms with Gasteiger partial charge in [-0.2, -0.15) is 0 Å². The van der Waals surface area contributed by atoms with Crippen LogP contribution in [0.5, 0.6) is 0 Å². The smallest absolute Gasteiger partial charge is 0.201 e. The zero-order valence-electron chi connectivity index (χ0n) is 11.2. The highest BCUT2D eigenvalue weighted by Gasteiger charge is 2.02. The highest BCUT2D eigenvalue weighted by Crippen LogP contribution is 2.14. The van der Waals surface area contributed by atoms with E-state index in [2.05, 4.69) is 20.2 Å². The fourth-order valence-corrected chi connectivity index (χ4v) is 1.66. The number of hydrogen-bond acceptors (Lipinski definition) is 4. The van der Waals surface area contributed by atoms with E-state index in [9.17, 15) is 4.39 Å². The van der Waals surface area contributed by atoms with Crippen LogP contribution in [0.3, 0.4) is 0 Å². The van der Waals surface area contributed by atoms with E-state index >= 15 is 0 Å². The maximum atomic E-state index is 13.0. The van der Waals surface area contributed by atoms with Crippen molar-refractivity contribution in [2.45, 2.75) is 0 Å². The van der Waals surface area contributed by atoms with Crippen LogP contribution >= 0.6 is 0 Å².